The lowest BCUT2D eigenvalue weighted by atomic mass is 10.2. The maximum Gasteiger partial charge on any atom is 0.252 e. The molecule has 0 aliphatic heterocycles. The summed E-state index contributed by atoms with van der Waals surface area (Å²) in [6.07, 6.45) is -0.178. The average molecular weight is 386 g/mol. The topological polar surface area (TPSA) is 98.5 Å². The first-order chi connectivity index (χ1) is 9.16. The van der Waals surface area contributed by atoms with E-state index in [0.29, 0.717) is 0 Å². The first-order valence-corrected chi connectivity index (χ1v) is 8.21. The highest BCUT2D eigenvalue weighted by Crippen LogP contribution is 2.29. The number of halogens is 2. The second-order valence-corrected chi connectivity index (χ2v) is 6.86. The molecule has 0 aliphatic rings. The molecule has 0 bridgehead atoms. The van der Waals surface area contributed by atoms with Gasteiger partial charge in [-0.3, -0.25) is 4.79 Å². The predicted octanol–water partition coefficient (Wildman–Crippen LogP) is 1.51. The number of hydrogen-bond donors (Lipinski definition) is 2. The van der Waals surface area contributed by atoms with E-state index in [1.54, 1.807) is 6.92 Å². The Kier molecular flexibility index (Phi) is 5.96. The van der Waals surface area contributed by atoms with Gasteiger partial charge in [0.15, 0.2) is 0 Å². The van der Waals surface area contributed by atoms with Gasteiger partial charge in [0, 0.05) is 18.1 Å². The Bertz CT molecular complexity index is 621. The molecule has 0 aliphatic carbocycles. The Morgan fingerprint density at radius 1 is 1.55 bits per heavy atom. The second-order valence-electron chi connectivity index (χ2n) is 4.07. The summed E-state index contributed by atoms with van der Waals surface area (Å²) in [5.41, 5.74) is 0.0216. The van der Waals surface area contributed by atoms with Crippen molar-refractivity contribution in [3.8, 4) is 0 Å². The summed E-state index contributed by atoms with van der Waals surface area (Å²) in [5.74, 6) is -0.509. The average Bonchev–Trinajstić information content (AvgIpc) is 2.37. The summed E-state index contributed by atoms with van der Waals surface area (Å²) in [5, 5.41) is 7.75. The first kappa shape index (κ1) is 17.4. The summed E-state index contributed by atoms with van der Waals surface area (Å²) in [6, 6.07) is 2.38. The molecule has 0 radical (unpaired) electrons. The van der Waals surface area contributed by atoms with Gasteiger partial charge >= 0.3 is 0 Å². The molecule has 0 spiro atoms. The van der Waals surface area contributed by atoms with Crippen LogP contribution >= 0.6 is 27.5 Å². The fraction of sp³-hybridized carbons (Fsp3) is 0.364. The molecule has 1 unspecified atom stereocenters. The Hall–Kier alpha value is -0.670. The van der Waals surface area contributed by atoms with Crippen LogP contribution in [0.4, 0.5) is 0 Å². The van der Waals surface area contributed by atoms with E-state index in [9.17, 15) is 13.2 Å². The molecule has 3 N–H and O–H groups in total. The lowest BCUT2D eigenvalue weighted by Crippen LogP contribution is -2.32. The zero-order valence-electron chi connectivity index (χ0n) is 10.8. The van der Waals surface area contributed by atoms with Crippen molar-refractivity contribution in [2.24, 2.45) is 5.14 Å². The summed E-state index contributed by atoms with van der Waals surface area (Å²) in [4.78, 5) is 11.8. The van der Waals surface area contributed by atoms with Crippen LogP contribution in [0.2, 0.25) is 5.02 Å². The lowest BCUT2D eigenvalue weighted by Gasteiger charge is -2.12. The molecule has 9 heteroatoms. The minimum Gasteiger partial charge on any atom is -0.380 e. The number of amides is 1. The van der Waals surface area contributed by atoms with E-state index in [0.717, 1.165) is 6.07 Å². The number of carbonyl (C=O) groups excluding carboxylic acids is 1. The first-order valence-electron chi connectivity index (χ1n) is 5.49. The molecule has 0 saturated carbocycles. The maximum atomic E-state index is 12.0. The largest absolute Gasteiger partial charge is 0.380 e. The van der Waals surface area contributed by atoms with Crippen molar-refractivity contribution < 1.29 is 17.9 Å². The van der Waals surface area contributed by atoms with Crippen molar-refractivity contribution in [1.82, 2.24) is 5.32 Å². The van der Waals surface area contributed by atoms with E-state index in [2.05, 4.69) is 21.2 Å². The van der Waals surface area contributed by atoms with E-state index in [-0.39, 0.29) is 32.6 Å². The van der Waals surface area contributed by atoms with Crippen LogP contribution in [0.5, 0.6) is 0 Å². The molecule has 20 heavy (non-hydrogen) atoms. The van der Waals surface area contributed by atoms with Gasteiger partial charge in [-0.2, -0.15) is 0 Å². The van der Waals surface area contributed by atoms with Crippen LogP contribution in [0.1, 0.15) is 17.3 Å². The quantitative estimate of drug-likeness (QED) is 0.802. The van der Waals surface area contributed by atoms with Crippen molar-refractivity contribution in [3.05, 3.63) is 27.2 Å². The molecule has 112 valence electrons. The smallest absolute Gasteiger partial charge is 0.252 e. The van der Waals surface area contributed by atoms with E-state index in [1.165, 1.54) is 13.2 Å². The number of primary sulfonamides is 1. The number of benzene rings is 1. The number of sulfonamides is 1. The van der Waals surface area contributed by atoms with Gasteiger partial charge in [-0.15, -0.1) is 0 Å². The van der Waals surface area contributed by atoms with Crippen LogP contribution in [0.15, 0.2) is 21.5 Å². The van der Waals surface area contributed by atoms with E-state index in [4.69, 9.17) is 21.5 Å². The van der Waals surface area contributed by atoms with Crippen molar-refractivity contribution in [2.45, 2.75) is 17.9 Å². The van der Waals surface area contributed by atoms with Gasteiger partial charge in [-0.1, -0.05) is 11.6 Å². The highest BCUT2D eigenvalue weighted by Gasteiger charge is 2.19. The van der Waals surface area contributed by atoms with Gasteiger partial charge < -0.3 is 10.1 Å². The van der Waals surface area contributed by atoms with Crippen LogP contribution in [-0.4, -0.2) is 34.1 Å². The highest BCUT2D eigenvalue weighted by atomic mass is 79.9. The zero-order valence-corrected chi connectivity index (χ0v) is 14.0. The number of rotatable bonds is 5. The summed E-state index contributed by atoms with van der Waals surface area (Å²) in [6.45, 7) is 2.04. The minimum absolute atomic E-state index is 0.0216. The maximum absolute atomic E-state index is 12.0. The number of carbonyl (C=O) groups is 1. The van der Waals surface area contributed by atoms with Crippen molar-refractivity contribution >= 4 is 43.5 Å². The third kappa shape index (κ3) is 4.42. The van der Waals surface area contributed by atoms with Gasteiger partial charge in [-0.05, 0) is 35.0 Å². The zero-order chi connectivity index (χ0) is 15.5. The minimum atomic E-state index is -3.93. The summed E-state index contributed by atoms with van der Waals surface area (Å²) >= 11 is 9.08. The molecule has 1 amide bonds. The van der Waals surface area contributed by atoms with Gasteiger partial charge in [-0.25, -0.2) is 13.6 Å². The van der Waals surface area contributed by atoms with Crippen LogP contribution in [0.25, 0.3) is 0 Å². The van der Waals surface area contributed by atoms with Gasteiger partial charge in [0.2, 0.25) is 10.0 Å². The molecule has 0 heterocycles. The number of methoxy groups -OCH3 is 1. The van der Waals surface area contributed by atoms with Gasteiger partial charge in [0.25, 0.3) is 5.91 Å². The molecule has 6 nitrogen and oxygen atoms in total. The molecule has 0 aromatic heterocycles. The standard InChI is InChI=1S/C11H14BrClN2O4S/c1-6(19-2)5-15-11(16)8-3-7(20(14,17)18)4-9(12)10(8)13/h3-4,6H,5H2,1-2H3,(H,15,16)(H2,14,17,18). The number of hydrogen-bond acceptors (Lipinski definition) is 4. The van der Waals surface area contributed by atoms with Crippen LogP contribution < -0.4 is 10.5 Å². The molecule has 1 atom stereocenters. The lowest BCUT2D eigenvalue weighted by molar-refractivity contribution is 0.0870. The SMILES string of the molecule is COC(C)CNC(=O)c1cc(S(N)(=O)=O)cc(Br)c1Cl. The summed E-state index contributed by atoms with van der Waals surface area (Å²) in [7, 11) is -2.41. The molecule has 1 aromatic rings. The Morgan fingerprint density at radius 3 is 2.65 bits per heavy atom. The van der Waals surface area contributed by atoms with Crippen molar-refractivity contribution in [2.75, 3.05) is 13.7 Å². The monoisotopic (exact) mass is 384 g/mol. The molecular formula is C11H14BrClN2O4S. The fourth-order valence-corrected chi connectivity index (χ4v) is 2.68. The normalized spacial score (nSPS) is 13.1. The van der Waals surface area contributed by atoms with Crippen LogP contribution in [0, 0.1) is 0 Å². The predicted molar refractivity (Wildman–Crippen MR) is 79.3 cm³/mol. The fourth-order valence-electron chi connectivity index (χ4n) is 1.31. The summed E-state index contributed by atoms with van der Waals surface area (Å²) < 4.78 is 28.0. The molecule has 0 saturated heterocycles. The highest BCUT2D eigenvalue weighted by molar-refractivity contribution is 9.10. The molecule has 1 rings (SSSR count). The van der Waals surface area contributed by atoms with Gasteiger partial charge in [0.05, 0.1) is 21.6 Å². The van der Waals surface area contributed by atoms with E-state index < -0.39 is 15.9 Å². The third-order valence-electron chi connectivity index (χ3n) is 2.53. The number of nitrogens with one attached hydrogen (secondary N) is 1. The Morgan fingerprint density at radius 2 is 2.15 bits per heavy atom. The van der Waals surface area contributed by atoms with Gasteiger partial charge in [0.1, 0.15) is 0 Å². The third-order valence-corrected chi connectivity index (χ3v) is 4.68. The van der Waals surface area contributed by atoms with Crippen LogP contribution in [-0.2, 0) is 14.8 Å². The van der Waals surface area contributed by atoms with Crippen molar-refractivity contribution in [1.29, 1.82) is 0 Å². The Balaban J connectivity index is 3.11. The van der Waals surface area contributed by atoms with E-state index >= 15 is 0 Å². The number of ether oxygens (including phenoxy) is 1. The van der Waals surface area contributed by atoms with Crippen LogP contribution in [0.3, 0.4) is 0 Å². The molecule has 0 fully saturated rings. The van der Waals surface area contributed by atoms with Crippen molar-refractivity contribution in [3.63, 3.8) is 0 Å². The second kappa shape index (κ2) is 6.86. The Labute approximate surface area is 130 Å². The molecule has 1 aromatic carbocycles. The molecular weight excluding hydrogens is 372 g/mol. The van der Waals surface area contributed by atoms with E-state index in [1.807, 2.05) is 0 Å². The number of nitrogens with two attached hydrogens (primary N) is 1.